The fraction of sp³-hybridized carbons (Fsp3) is 0.333. The molecule has 1 aromatic heterocycles. The average Bonchev–Trinajstić information content (AvgIpc) is 3.08. The molecule has 0 bridgehead atoms. The maximum Gasteiger partial charge on any atom is 0.254 e. The number of amides is 2. The van der Waals surface area contributed by atoms with Gasteiger partial charge in [0.2, 0.25) is 11.0 Å². The first-order chi connectivity index (χ1) is 12.0. The highest BCUT2D eigenvalue weighted by atomic mass is 35.5. The number of hydrogen-bond donors (Lipinski definition) is 1. The molecule has 132 valence electrons. The smallest absolute Gasteiger partial charge is 0.254 e. The van der Waals surface area contributed by atoms with Gasteiger partial charge >= 0.3 is 0 Å². The first-order valence-electron chi connectivity index (χ1n) is 7.57. The minimum absolute atomic E-state index is 0.0166. The first-order valence-corrected chi connectivity index (χ1v) is 9.75. The Balaban J connectivity index is 1.56. The zero-order valence-electron chi connectivity index (χ0n) is 13.2. The molecule has 0 aliphatic carbocycles. The highest BCUT2D eigenvalue weighted by Crippen LogP contribution is 2.28. The Morgan fingerprint density at radius 2 is 2.00 bits per heavy atom. The third kappa shape index (κ3) is 4.62. The molecule has 1 aliphatic heterocycles. The van der Waals surface area contributed by atoms with Gasteiger partial charge in [0.25, 0.3) is 5.91 Å². The number of primary amides is 1. The van der Waals surface area contributed by atoms with E-state index in [1.54, 1.807) is 24.3 Å². The van der Waals surface area contributed by atoms with E-state index < -0.39 is 0 Å². The van der Waals surface area contributed by atoms with Gasteiger partial charge in [0.1, 0.15) is 0 Å². The number of nitrogens with zero attached hydrogens (tertiary/aromatic N) is 4. The van der Waals surface area contributed by atoms with Crippen LogP contribution in [0.4, 0.5) is 5.13 Å². The summed E-state index contributed by atoms with van der Waals surface area (Å²) in [7, 11) is 0. The molecule has 0 unspecified atom stereocenters. The number of anilines is 1. The van der Waals surface area contributed by atoms with Crippen LogP contribution in [0.15, 0.2) is 28.6 Å². The minimum atomic E-state index is -0.380. The number of aromatic nitrogens is 2. The van der Waals surface area contributed by atoms with E-state index in [9.17, 15) is 9.59 Å². The molecule has 0 atom stereocenters. The highest BCUT2D eigenvalue weighted by Gasteiger charge is 2.24. The zero-order chi connectivity index (χ0) is 17.8. The monoisotopic (exact) mass is 397 g/mol. The van der Waals surface area contributed by atoms with Gasteiger partial charge in [-0.1, -0.05) is 40.8 Å². The van der Waals surface area contributed by atoms with E-state index >= 15 is 0 Å². The maximum atomic E-state index is 12.5. The summed E-state index contributed by atoms with van der Waals surface area (Å²) in [5, 5.41) is 9.57. The van der Waals surface area contributed by atoms with E-state index in [1.807, 2.05) is 4.90 Å². The van der Waals surface area contributed by atoms with Crippen molar-refractivity contribution in [3.05, 3.63) is 34.9 Å². The number of halogens is 1. The predicted octanol–water partition coefficient (Wildman–Crippen LogP) is 1.73. The third-order valence-electron chi connectivity index (χ3n) is 3.64. The van der Waals surface area contributed by atoms with Gasteiger partial charge in [-0.25, -0.2) is 0 Å². The van der Waals surface area contributed by atoms with Crippen LogP contribution in [0.1, 0.15) is 10.4 Å². The van der Waals surface area contributed by atoms with Gasteiger partial charge in [0, 0.05) is 36.8 Å². The van der Waals surface area contributed by atoms with Crippen molar-refractivity contribution in [1.82, 2.24) is 15.1 Å². The number of piperazine rings is 1. The molecule has 0 saturated carbocycles. The van der Waals surface area contributed by atoms with Crippen molar-refractivity contribution in [2.75, 3.05) is 36.8 Å². The molecule has 10 heteroatoms. The number of hydrogen-bond acceptors (Lipinski definition) is 7. The Morgan fingerprint density at radius 1 is 1.24 bits per heavy atom. The standard InChI is InChI=1S/C15H16ClN5O2S2/c16-11-3-1-2-10(8-11)13(23)20-4-6-21(7-5-20)14-18-19-15(25-14)24-9-12(17)22/h1-3,8H,4-7,9H2,(H2,17,22). The molecule has 2 heterocycles. The fourth-order valence-corrected chi connectivity index (χ4v) is 4.25. The summed E-state index contributed by atoms with van der Waals surface area (Å²) in [6, 6.07) is 6.98. The summed E-state index contributed by atoms with van der Waals surface area (Å²) in [5.41, 5.74) is 5.73. The van der Waals surface area contributed by atoms with Crippen molar-refractivity contribution in [1.29, 1.82) is 0 Å². The van der Waals surface area contributed by atoms with Crippen LogP contribution in [-0.2, 0) is 4.79 Å². The van der Waals surface area contributed by atoms with Crippen molar-refractivity contribution in [2.45, 2.75) is 4.34 Å². The van der Waals surface area contributed by atoms with Crippen LogP contribution < -0.4 is 10.6 Å². The van der Waals surface area contributed by atoms with Gasteiger partial charge in [0.15, 0.2) is 4.34 Å². The Labute approximate surface area is 158 Å². The van der Waals surface area contributed by atoms with E-state index in [-0.39, 0.29) is 17.6 Å². The summed E-state index contributed by atoms with van der Waals surface area (Å²) in [6.07, 6.45) is 0. The largest absolute Gasteiger partial charge is 0.369 e. The molecule has 2 aromatic rings. The molecule has 1 aliphatic rings. The lowest BCUT2D eigenvalue weighted by Gasteiger charge is -2.34. The van der Waals surface area contributed by atoms with Crippen LogP contribution in [0.3, 0.4) is 0 Å². The quantitative estimate of drug-likeness (QED) is 0.772. The Bertz CT molecular complexity index is 777. The highest BCUT2D eigenvalue weighted by molar-refractivity contribution is 8.01. The van der Waals surface area contributed by atoms with E-state index in [0.717, 1.165) is 5.13 Å². The average molecular weight is 398 g/mol. The maximum absolute atomic E-state index is 12.5. The lowest BCUT2D eigenvalue weighted by Crippen LogP contribution is -2.48. The predicted molar refractivity (Wildman–Crippen MR) is 99.4 cm³/mol. The number of benzene rings is 1. The number of thioether (sulfide) groups is 1. The van der Waals surface area contributed by atoms with Crippen LogP contribution in [0.2, 0.25) is 5.02 Å². The van der Waals surface area contributed by atoms with Gasteiger partial charge in [-0.05, 0) is 18.2 Å². The lowest BCUT2D eigenvalue weighted by atomic mass is 10.2. The fourth-order valence-electron chi connectivity index (χ4n) is 2.43. The second-order valence-electron chi connectivity index (χ2n) is 5.40. The Kier molecular flexibility index (Phi) is 5.77. The summed E-state index contributed by atoms with van der Waals surface area (Å²) in [4.78, 5) is 27.2. The van der Waals surface area contributed by atoms with Crippen molar-refractivity contribution >= 4 is 51.6 Å². The second-order valence-corrected chi connectivity index (χ2v) is 8.01. The van der Waals surface area contributed by atoms with E-state index in [2.05, 4.69) is 15.1 Å². The molecule has 0 spiro atoms. The molecule has 1 fully saturated rings. The van der Waals surface area contributed by atoms with Crippen LogP contribution in [-0.4, -0.2) is 58.8 Å². The summed E-state index contributed by atoms with van der Waals surface area (Å²) in [5.74, 6) is -0.205. The van der Waals surface area contributed by atoms with Crippen molar-refractivity contribution in [3.63, 3.8) is 0 Å². The first kappa shape index (κ1) is 18.0. The molecule has 1 aromatic carbocycles. The molecule has 0 radical (unpaired) electrons. The zero-order valence-corrected chi connectivity index (χ0v) is 15.6. The third-order valence-corrected chi connectivity index (χ3v) is 6.02. The Morgan fingerprint density at radius 3 is 2.68 bits per heavy atom. The van der Waals surface area contributed by atoms with Gasteiger partial charge < -0.3 is 15.5 Å². The molecule has 2 N–H and O–H groups in total. The topological polar surface area (TPSA) is 92.4 Å². The molecule has 1 saturated heterocycles. The van der Waals surface area contributed by atoms with E-state index in [0.29, 0.717) is 41.1 Å². The molecule has 2 amide bonds. The van der Waals surface area contributed by atoms with E-state index in [4.69, 9.17) is 17.3 Å². The Hall–Kier alpha value is -1.84. The molecular formula is C15H16ClN5O2S2. The van der Waals surface area contributed by atoms with E-state index in [1.165, 1.54) is 23.1 Å². The number of rotatable bonds is 5. The van der Waals surface area contributed by atoms with Gasteiger partial charge in [-0.15, -0.1) is 10.2 Å². The summed E-state index contributed by atoms with van der Waals surface area (Å²) >= 11 is 8.67. The minimum Gasteiger partial charge on any atom is -0.369 e. The number of carbonyl (C=O) groups excluding carboxylic acids is 2. The molecule has 3 rings (SSSR count). The second kappa shape index (κ2) is 8.03. The van der Waals surface area contributed by atoms with Gasteiger partial charge in [0.05, 0.1) is 5.75 Å². The van der Waals surface area contributed by atoms with Crippen molar-refractivity contribution < 1.29 is 9.59 Å². The number of carbonyl (C=O) groups is 2. The SMILES string of the molecule is NC(=O)CSc1nnc(N2CCN(C(=O)c3cccc(Cl)c3)CC2)s1. The molecular weight excluding hydrogens is 382 g/mol. The normalized spacial score (nSPS) is 14.6. The van der Waals surface area contributed by atoms with Crippen molar-refractivity contribution in [3.8, 4) is 0 Å². The van der Waals surface area contributed by atoms with Crippen LogP contribution in [0, 0.1) is 0 Å². The number of nitrogens with two attached hydrogens (primary N) is 1. The van der Waals surface area contributed by atoms with Crippen molar-refractivity contribution in [2.24, 2.45) is 5.73 Å². The summed E-state index contributed by atoms with van der Waals surface area (Å²) < 4.78 is 0.714. The van der Waals surface area contributed by atoms with Gasteiger partial charge in [-0.3, -0.25) is 9.59 Å². The van der Waals surface area contributed by atoms with Gasteiger partial charge in [-0.2, -0.15) is 0 Å². The molecule has 7 nitrogen and oxygen atoms in total. The lowest BCUT2D eigenvalue weighted by molar-refractivity contribution is -0.115. The van der Waals surface area contributed by atoms with Crippen LogP contribution in [0.5, 0.6) is 0 Å². The van der Waals surface area contributed by atoms with Crippen LogP contribution >= 0.6 is 34.7 Å². The summed E-state index contributed by atoms with van der Waals surface area (Å²) in [6.45, 7) is 2.58. The molecule has 25 heavy (non-hydrogen) atoms. The van der Waals surface area contributed by atoms with Crippen LogP contribution in [0.25, 0.3) is 0 Å².